The second kappa shape index (κ2) is 6.10. The summed E-state index contributed by atoms with van der Waals surface area (Å²) in [6.45, 7) is 0. The molecule has 0 saturated heterocycles. The average molecular weight is 344 g/mol. The maximum absolute atomic E-state index is 12.8. The number of rotatable bonds is 7. The van der Waals surface area contributed by atoms with Crippen molar-refractivity contribution in [3.63, 3.8) is 0 Å². The van der Waals surface area contributed by atoms with E-state index < -0.39 is 49.0 Å². The minimum absolute atomic E-state index is 4.12. The molecule has 0 aliphatic carbocycles. The molecule has 0 bridgehead atoms. The van der Waals surface area contributed by atoms with Gasteiger partial charge in [0.05, 0.1) is 0 Å². The molecule has 0 spiro atoms. The molecule has 0 aliphatic rings. The van der Waals surface area contributed by atoms with Gasteiger partial charge in [0.2, 0.25) is 6.17 Å². The lowest BCUT2D eigenvalue weighted by atomic mass is 9.97. The lowest BCUT2D eigenvalue weighted by molar-refractivity contribution is -0.423. The van der Waals surface area contributed by atoms with E-state index in [-0.39, 0.29) is 0 Å². The van der Waals surface area contributed by atoms with Gasteiger partial charge in [-0.2, -0.15) is 22.0 Å². The quantitative estimate of drug-likeness (QED) is 0.550. The van der Waals surface area contributed by atoms with Crippen molar-refractivity contribution in [3.8, 4) is 0 Å². The smallest absolute Gasteiger partial charge is 0.335 e. The van der Waals surface area contributed by atoms with Crippen molar-refractivity contribution in [2.45, 2.75) is 49.0 Å². The van der Waals surface area contributed by atoms with Crippen LogP contribution in [-0.2, 0) is 0 Å². The number of aliphatic hydroxyl groups is 2. The first-order chi connectivity index (χ1) is 9.09. The molecule has 0 aromatic rings. The minimum Gasteiger partial charge on any atom is -0.335 e. The van der Waals surface area contributed by atoms with Gasteiger partial charge >= 0.3 is 17.9 Å². The predicted molar refractivity (Wildman–Crippen MR) is 43.8 cm³/mol. The van der Waals surface area contributed by atoms with Crippen LogP contribution in [0.5, 0.6) is 0 Å². The van der Waals surface area contributed by atoms with Gasteiger partial charge < -0.3 is 10.2 Å². The summed E-state index contributed by atoms with van der Waals surface area (Å²) in [7, 11) is 0. The van der Waals surface area contributed by atoms with Crippen molar-refractivity contribution in [3.05, 3.63) is 0 Å². The van der Waals surface area contributed by atoms with Crippen molar-refractivity contribution >= 4 is 0 Å². The molecule has 0 aromatic heterocycles. The molecule has 0 aliphatic heterocycles. The van der Waals surface area contributed by atoms with Crippen LogP contribution in [0.2, 0.25) is 0 Å². The van der Waals surface area contributed by atoms with Crippen LogP contribution in [0.25, 0.3) is 0 Å². The molecule has 4 atom stereocenters. The Balaban J connectivity index is 5.36. The van der Waals surface area contributed by atoms with Gasteiger partial charge in [-0.3, -0.25) is 0 Å². The van der Waals surface area contributed by atoms with Crippen LogP contribution in [0.4, 0.5) is 48.3 Å². The summed E-state index contributed by atoms with van der Waals surface area (Å²) >= 11 is 0. The fourth-order valence-corrected chi connectivity index (χ4v) is 1.06. The van der Waals surface area contributed by atoms with Gasteiger partial charge in [0, 0.05) is 0 Å². The van der Waals surface area contributed by atoms with Gasteiger partial charge in [0.1, 0.15) is 0 Å². The van der Waals surface area contributed by atoms with E-state index in [9.17, 15) is 48.3 Å². The Kier molecular flexibility index (Phi) is 5.86. The van der Waals surface area contributed by atoms with E-state index in [1.165, 1.54) is 0 Å². The molecule has 2 nitrogen and oxygen atoms in total. The molecule has 0 radical (unpaired) electrons. The fraction of sp³-hybridized carbons (Fsp3) is 1.00. The summed E-state index contributed by atoms with van der Waals surface area (Å²) in [5.41, 5.74) is 0. The third-order valence-electron chi connectivity index (χ3n) is 2.29. The molecule has 0 saturated carbocycles. The highest BCUT2D eigenvalue weighted by atomic mass is 19.3. The van der Waals surface area contributed by atoms with Crippen LogP contribution in [0, 0.1) is 0 Å². The SMILES string of the molecule is OC(O)(F)C(F)(F)C(F)(F)C(F)C(F)C(F)C(F)C(F)F. The summed E-state index contributed by atoms with van der Waals surface area (Å²) in [6.07, 6.45) is -22.3. The largest absolute Gasteiger partial charge is 0.396 e. The molecule has 0 aromatic carbocycles. The van der Waals surface area contributed by atoms with Crippen molar-refractivity contribution in [2.75, 3.05) is 0 Å². The Morgan fingerprint density at radius 3 is 1.29 bits per heavy atom. The zero-order valence-electron chi connectivity index (χ0n) is 9.44. The summed E-state index contributed by atoms with van der Waals surface area (Å²) in [5.74, 6) is -13.3. The third kappa shape index (κ3) is 3.67. The molecule has 4 unspecified atom stereocenters. The molecule has 0 heterocycles. The van der Waals surface area contributed by atoms with Crippen molar-refractivity contribution in [1.29, 1.82) is 0 Å². The first kappa shape index (κ1) is 20.1. The van der Waals surface area contributed by atoms with E-state index in [4.69, 9.17) is 10.2 Å². The van der Waals surface area contributed by atoms with Gasteiger partial charge in [-0.05, 0) is 0 Å². The molecular formula is C8H7F11O2. The first-order valence-corrected chi connectivity index (χ1v) is 4.82. The standard InChI is InChI=1S/C8H7F11O2/c9-1(3(11)5(13)14)2(10)4(12)6(15,16)7(17,18)8(19,20)21/h1-5,20-21H. The Bertz CT molecular complexity index is 342. The van der Waals surface area contributed by atoms with Crippen LogP contribution < -0.4 is 0 Å². The van der Waals surface area contributed by atoms with Crippen LogP contribution in [0.1, 0.15) is 0 Å². The first-order valence-electron chi connectivity index (χ1n) is 4.82. The monoisotopic (exact) mass is 344 g/mol. The van der Waals surface area contributed by atoms with E-state index in [1.807, 2.05) is 0 Å². The van der Waals surface area contributed by atoms with Crippen molar-refractivity contribution in [2.24, 2.45) is 0 Å². The second-order valence-corrected chi connectivity index (χ2v) is 3.85. The molecule has 2 N–H and O–H groups in total. The molecule has 0 fully saturated rings. The van der Waals surface area contributed by atoms with E-state index in [1.54, 1.807) is 0 Å². The third-order valence-corrected chi connectivity index (χ3v) is 2.29. The summed E-state index contributed by atoms with van der Waals surface area (Å²) in [6, 6.07) is -6.04. The maximum atomic E-state index is 12.8. The molecule has 0 rings (SSSR count). The van der Waals surface area contributed by atoms with E-state index >= 15 is 0 Å². The molecular weight excluding hydrogens is 337 g/mol. The van der Waals surface area contributed by atoms with E-state index in [0.29, 0.717) is 0 Å². The van der Waals surface area contributed by atoms with Gasteiger partial charge in [-0.1, -0.05) is 0 Å². The zero-order chi connectivity index (χ0) is 17.4. The Morgan fingerprint density at radius 1 is 0.619 bits per heavy atom. The van der Waals surface area contributed by atoms with Crippen LogP contribution in [-0.4, -0.2) is 59.2 Å². The minimum atomic E-state index is -6.68. The van der Waals surface area contributed by atoms with E-state index in [0.717, 1.165) is 0 Å². The molecule has 21 heavy (non-hydrogen) atoms. The normalized spacial score (nSPS) is 20.3. The Hall–Kier alpha value is -0.850. The van der Waals surface area contributed by atoms with Gasteiger partial charge in [-0.25, -0.2) is 26.3 Å². The van der Waals surface area contributed by atoms with Crippen LogP contribution >= 0.6 is 0 Å². The Morgan fingerprint density at radius 2 is 1.00 bits per heavy atom. The number of hydrogen-bond acceptors (Lipinski definition) is 2. The molecule has 128 valence electrons. The van der Waals surface area contributed by atoms with Crippen LogP contribution in [0.15, 0.2) is 0 Å². The zero-order valence-corrected chi connectivity index (χ0v) is 9.44. The topological polar surface area (TPSA) is 40.5 Å². The number of alkyl halides is 11. The Labute approximate surface area is 109 Å². The second-order valence-electron chi connectivity index (χ2n) is 3.85. The maximum Gasteiger partial charge on any atom is 0.396 e. The average Bonchev–Trinajstić information content (AvgIpc) is 2.33. The summed E-state index contributed by atoms with van der Waals surface area (Å²) in [4.78, 5) is 0. The highest BCUT2D eigenvalue weighted by Crippen LogP contribution is 2.47. The van der Waals surface area contributed by atoms with Gasteiger partial charge in [0.15, 0.2) is 18.5 Å². The van der Waals surface area contributed by atoms with Crippen molar-refractivity contribution in [1.82, 2.24) is 0 Å². The highest BCUT2D eigenvalue weighted by Gasteiger charge is 2.75. The lowest BCUT2D eigenvalue weighted by Crippen LogP contribution is -2.63. The number of hydrogen-bond donors (Lipinski definition) is 2. The molecule has 13 heteroatoms. The molecule has 0 amide bonds. The highest BCUT2D eigenvalue weighted by molar-refractivity contribution is 5.00. The fourth-order valence-electron chi connectivity index (χ4n) is 1.06. The van der Waals surface area contributed by atoms with Crippen LogP contribution in [0.3, 0.4) is 0 Å². The lowest BCUT2D eigenvalue weighted by Gasteiger charge is -2.34. The summed E-state index contributed by atoms with van der Waals surface area (Å²) in [5, 5.41) is 15.5. The van der Waals surface area contributed by atoms with Crippen molar-refractivity contribution < 1.29 is 58.5 Å². The summed E-state index contributed by atoms with van der Waals surface area (Å²) < 4.78 is 137. The predicted octanol–water partition coefficient (Wildman–Crippen LogP) is 2.48. The number of halogens is 11. The van der Waals surface area contributed by atoms with E-state index in [2.05, 4.69) is 0 Å². The van der Waals surface area contributed by atoms with Gasteiger partial charge in [0.25, 0.3) is 6.43 Å². The van der Waals surface area contributed by atoms with Gasteiger partial charge in [-0.15, -0.1) is 0 Å².